The third-order valence-electron chi connectivity index (χ3n) is 4.16. The summed E-state index contributed by atoms with van der Waals surface area (Å²) < 4.78 is 33.9. The van der Waals surface area contributed by atoms with Gasteiger partial charge in [0.25, 0.3) is 0 Å². The number of aryl methyl sites for hydroxylation is 1. The fourth-order valence-electron chi connectivity index (χ4n) is 2.74. The largest absolute Gasteiger partial charge is 0.497 e. The zero-order valence-electron chi connectivity index (χ0n) is 14.7. The quantitative estimate of drug-likeness (QED) is 0.714. The molecule has 0 saturated heterocycles. The minimum absolute atomic E-state index is 0.243. The first-order chi connectivity index (χ1) is 12.5. The number of methoxy groups -OCH3 is 1. The van der Waals surface area contributed by atoms with E-state index in [1.807, 2.05) is 61.5 Å². The maximum atomic E-state index is 12.9. The standard InChI is InChI=1S/C21H21NO3S/c1-16-11-13-20(14-12-16)26(23,24)22-21(17-7-4-3-5-8-17)18-9-6-10-19(15-18)25-2/h3-15,21-22H,1-2H3/t21-/m1/s1. The van der Waals surface area contributed by atoms with Crippen LogP contribution in [0.1, 0.15) is 22.7 Å². The number of sulfonamides is 1. The topological polar surface area (TPSA) is 55.4 Å². The number of benzene rings is 3. The lowest BCUT2D eigenvalue weighted by molar-refractivity contribution is 0.414. The van der Waals surface area contributed by atoms with E-state index >= 15 is 0 Å². The molecule has 1 N–H and O–H groups in total. The minimum Gasteiger partial charge on any atom is -0.497 e. The summed E-state index contributed by atoms with van der Waals surface area (Å²) >= 11 is 0. The Hall–Kier alpha value is -2.63. The Morgan fingerprint density at radius 2 is 1.50 bits per heavy atom. The van der Waals surface area contributed by atoms with Gasteiger partial charge in [0.2, 0.25) is 10.0 Å². The van der Waals surface area contributed by atoms with Gasteiger partial charge in [-0.05, 0) is 42.3 Å². The Morgan fingerprint density at radius 1 is 0.846 bits per heavy atom. The molecule has 3 aromatic carbocycles. The first-order valence-corrected chi connectivity index (χ1v) is 9.76. The van der Waals surface area contributed by atoms with Gasteiger partial charge < -0.3 is 4.74 Å². The molecule has 0 aliphatic carbocycles. The fraction of sp³-hybridized carbons (Fsp3) is 0.143. The van der Waals surface area contributed by atoms with Crippen LogP contribution in [-0.4, -0.2) is 15.5 Å². The molecule has 3 rings (SSSR count). The number of nitrogens with one attached hydrogen (secondary N) is 1. The second-order valence-corrected chi connectivity index (χ2v) is 7.77. The molecule has 1 atom stereocenters. The molecule has 4 nitrogen and oxygen atoms in total. The molecule has 0 unspecified atom stereocenters. The van der Waals surface area contributed by atoms with E-state index in [-0.39, 0.29) is 4.90 Å². The fourth-order valence-corrected chi connectivity index (χ4v) is 3.95. The molecule has 3 aromatic rings. The van der Waals surface area contributed by atoms with E-state index in [0.29, 0.717) is 5.75 Å². The highest BCUT2D eigenvalue weighted by Gasteiger charge is 2.23. The van der Waals surface area contributed by atoms with E-state index in [0.717, 1.165) is 16.7 Å². The normalized spacial score (nSPS) is 12.5. The summed E-state index contributed by atoms with van der Waals surface area (Å²) in [4.78, 5) is 0.243. The molecule has 134 valence electrons. The van der Waals surface area contributed by atoms with Crippen LogP contribution in [0.2, 0.25) is 0 Å². The summed E-state index contributed by atoms with van der Waals surface area (Å²) in [5.41, 5.74) is 2.68. The van der Waals surface area contributed by atoms with Crippen LogP contribution in [0.25, 0.3) is 0 Å². The lowest BCUT2D eigenvalue weighted by Crippen LogP contribution is -2.29. The van der Waals surface area contributed by atoms with Crippen LogP contribution in [0, 0.1) is 6.92 Å². The zero-order chi connectivity index (χ0) is 18.6. The van der Waals surface area contributed by atoms with E-state index in [1.54, 1.807) is 31.4 Å². The SMILES string of the molecule is COc1cccc([C@H](NS(=O)(=O)c2ccc(C)cc2)c2ccccc2)c1. The lowest BCUT2D eigenvalue weighted by Gasteiger charge is -2.20. The monoisotopic (exact) mass is 367 g/mol. The molecule has 0 fully saturated rings. The molecule has 0 aliphatic heterocycles. The van der Waals surface area contributed by atoms with Crippen molar-refractivity contribution in [1.82, 2.24) is 4.72 Å². The van der Waals surface area contributed by atoms with Gasteiger partial charge in [0, 0.05) is 0 Å². The van der Waals surface area contributed by atoms with Crippen molar-refractivity contribution in [3.8, 4) is 5.75 Å². The molecule has 0 spiro atoms. The van der Waals surface area contributed by atoms with Crippen molar-refractivity contribution in [2.45, 2.75) is 17.9 Å². The summed E-state index contributed by atoms with van der Waals surface area (Å²) in [5, 5.41) is 0. The van der Waals surface area contributed by atoms with E-state index in [9.17, 15) is 8.42 Å². The van der Waals surface area contributed by atoms with Crippen molar-refractivity contribution in [2.75, 3.05) is 7.11 Å². The summed E-state index contributed by atoms with van der Waals surface area (Å²) in [5.74, 6) is 0.679. The molecule has 0 bridgehead atoms. The zero-order valence-corrected chi connectivity index (χ0v) is 15.5. The van der Waals surface area contributed by atoms with Crippen molar-refractivity contribution in [3.05, 3.63) is 95.6 Å². The minimum atomic E-state index is -3.68. The molecule has 0 heterocycles. The van der Waals surface area contributed by atoms with Gasteiger partial charge >= 0.3 is 0 Å². The van der Waals surface area contributed by atoms with Gasteiger partial charge in [-0.1, -0.05) is 60.2 Å². The maximum absolute atomic E-state index is 12.9. The lowest BCUT2D eigenvalue weighted by atomic mass is 9.99. The Morgan fingerprint density at radius 3 is 2.15 bits per heavy atom. The van der Waals surface area contributed by atoms with Crippen LogP contribution in [0.4, 0.5) is 0 Å². The van der Waals surface area contributed by atoms with Gasteiger partial charge in [-0.15, -0.1) is 0 Å². The van der Waals surface area contributed by atoms with Crippen LogP contribution in [-0.2, 0) is 10.0 Å². The van der Waals surface area contributed by atoms with Crippen LogP contribution in [0.15, 0.2) is 83.8 Å². The summed E-state index contributed by atoms with van der Waals surface area (Å²) in [7, 11) is -2.09. The molecule has 26 heavy (non-hydrogen) atoms. The number of hydrogen-bond donors (Lipinski definition) is 1. The molecular weight excluding hydrogens is 346 g/mol. The molecule has 0 saturated carbocycles. The molecule has 5 heteroatoms. The average molecular weight is 367 g/mol. The Balaban J connectivity index is 2.02. The summed E-state index contributed by atoms with van der Waals surface area (Å²) in [6, 6.07) is 23.2. The average Bonchev–Trinajstić information content (AvgIpc) is 2.67. The van der Waals surface area contributed by atoms with E-state index in [2.05, 4.69) is 4.72 Å². The Labute approximate surface area is 154 Å². The highest BCUT2D eigenvalue weighted by molar-refractivity contribution is 7.89. The second kappa shape index (κ2) is 7.72. The van der Waals surface area contributed by atoms with E-state index in [1.165, 1.54) is 0 Å². The van der Waals surface area contributed by atoms with Crippen LogP contribution in [0.3, 0.4) is 0 Å². The number of ether oxygens (including phenoxy) is 1. The van der Waals surface area contributed by atoms with Gasteiger partial charge in [0.05, 0.1) is 18.0 Å². The van der Waals surface area contributed by atoms with Crippen molar-refractivity contribution >= 4 is 10.0 Å². The molecule has 0 radical (unpaired) electrons. The van der Waals surface area contributed by atoms with Gasteiger partial charge in [-0.2, -0.15) is 4.72 Å². The van der Waals surface area contributed by atoms with E-state index < -0.39 is 16.1 Å². The van der Waals surface area contributed by atoms with Gasteiger partial charge in [0.1, 0.15) is 5.75 Å². The molecule has 0 aromatic heterocycles. The van der Waals surface area contributed by atoms with Gasteiger partial charge in [0.15, 0.2) is 0 Å². The summed E-state index contributed by atoms with van der Waals surface area (Å²) in [6.45, 7) is 1.92. The molecule has 0 amide bonds. The number of rotatable bonds is 6. The first kappa shape index (κ1) is 18.2. The highest BCUT2D eigenvalue weighted by Crippen LogP contribution is 2.27. The Bertz CT molecular complexity index is 968. The predicted molar refractivity (Wildman–Crippen MR) is 103 cm³/mol. The van der Waals surface area contributed by atoms with Crippen LogP contribution < -0.4 is 9.46 Å². The smallest absolute Gasteiger partial charge is 0.241 e. The van der Waals surface area contributed by atoms with Crippen LogP contribution >= 0.6 is 0 Å². The summed E-state index contributed by atoms with van der Waals surface area (Å²) in [6.07, 6.45) is 0. The Kier molecular flexibility index (Phi) is 5.40. The second-order valence-electron chi connectivity index (χ2n) is 6.05. The van der Waals surface area contributed by atoms with Gasteiger partial charge in [-0.25, -0.2) is 8.42 Å². The van der Waals surface area contributed by atoms with Crippen LogP contribution in [0.5, 0.6) is 5.75 Å². The predicted octanol–water partition coefficient (Wildman–Crippen LogP) is 4.07. The first-order valence-electron chi connectivity index (χ1n) is 8.27. The third-order valence-corrected chi connectivity index (χ3v) is 5.60. The van der Waals surface area contributed by atoms with Crippen molar-refractivity contribution in [1.29, 1.82) is 0 Å². The van der Waals surface area contributed by atoms with Crippen molar-refractivity contribution in [3.63, 3.8) is 0 Å². The van der Waals surface area contributed by atoms with Gasteiger partial charge in [-0.3, -0.25) is 0 Å². The molecule has 0 aliphatic rings. The highest BCUT2D eigenvalue weighted by atomic mass is 32.2. The maximum Gasteiger partial charge on any atom is 0.241 e. The van der Waals surface area contributed by atoms with Crippen molar-refractivity contribution < 1.29 is 13.2 Å². The van der Waals surface area contributed by atoms with Crippen molar-refractivity contribution in [2.24, 2.45) is 0 Å². The third kappa shape index (κ3) is 4.12. The van der Waals surface area contributed by atoms with E-state index in [4.69, 9.17) is 4.74 Å². The number of hydrogen-bond acceptors (Lipinski definition) is 3. The molecular formula is C21H21NO3S.